The Bertz CT molecular complexity index is 324. The average molecular weight is 282 g/mol. The lowest BCUT2D eigenvalue weighted by Crippen LogP contribution is -2.51. The first-order chi connectivity index (χ1) is 9.80. The molecule has 0 heterocycles. The molecule has 2 saturated carbocycles. The Morgan fingerprint density at radius 3 is 2.45 bits per heavy atom. The molecule has 2 rings (SSSR count). The van der Waals surface area contributed by atoms with Gasteiger partial charge in [-0.3, -0.25) is 5.32 Å². The molecule has 2 aliphatic rings. The van der Waals surface area contributed by atoms with Crippen LogP contribution in [-0.2, 0) is 14.2 Å². The summed E-state index contributed by atoms with van der Waals surface area (Å²) in [7, 11) is 1.69. The second-order valence-electron chi connectivity index (χ2n) is 5.79. The molecule has 5 nitrogen and oxygen atoms in total. The van der Waals surface area contributed by atoms with Gasteiger partial charge in [-0.05, 0) is 38.0 Å². The molecule has 5 heteroatoms. The molecule has 0 bridgehead atoms. The fraction of sp³-hybridized carbons (Fsp3) is 0.933. The Labute approximate surface area is 121 Å². The lowest BCUT2D eigenvalue weighted by molar-refractivity contribution is 0.0204. The number of nitriles is 1. The topological polar surface area (TPSA) is 63.5 Å². The van der Waals surface area contributed by atoms with Gasteiger partial charge in [0.1, 0.15) is 5.54 Å². The first-order valence-corrected chi connectivity index (χ1v) is 7.64. The van der Waals surface area contributed by atoms with Gasteiger partial charge in [0.15, 0.2) is 0 Å². The van der Waals surface area contributed by atoms with Crippen LogP contribution in [-0.4, -0.2) is 51.7 Å². The van der Waals surface area contributed by atoms with Gasteiger partial charge in [-0.2, -0.15) is 5.26 Å². The van der Waals surface area contributed by atoms with Crippen molar-refractivity contribution in [1.29, 1.82) is 5.26 Å². The third kappa shape index (κ3) is 5.02. The summed E-state index contributed by atoms with van der Waals surface area (Å²) in [5.74, 6) is 0.468. The van der Waals surface area contributed by atoms with Gasteiger partial charge >= 0.3 is 0 Å². The molecule has 0 aliphatic heterocycles. The Morgan fingerprint density at radius 2 is 1.85 bits per heavy atom. The zero-order valence-electron chi connectivity index (χ0n) is 12.4. The van der Waals surface area contributed by atoms with Crippen LogP contribution in [0.15, 0.2) is 0 Å². The van der Waals surface area contributed by atoms with Crippen LogP contribution in [0.2, 0.25) is 0 Å². The number of nitrogens with zero attached hydrogens (tertiary/aromatic N) is 1. The van der Waals surface area contributed by atoms with Gasteiger partial charge < -0.3 is 14.2 Å². The van der Waals surface area contributed by atoms with Crippen molar-refractivity contribution < 1.29 is 14.2 Å². The molecule has 0 aromatic carbocycles. The minimum Gasteiger partial charge on any atom is -0.385 e. The summed E-state index contributed by atoms with van der Waals surface area (Å²) >= 11 is 0. The Kier molecular flexibility index (Phi) is 6.24. The van der Waals surface area contributed by atoms with E-state index in [1.165, 1.54) is 12.8 Å². The maximum absolute atomic E-state index is 9.53. The Morgan fingerprint density at radius 1 is 1.10 bits per heavy atom. The van der Waals surface area contributed by atoms with E-state index in [0.29, 0.717) is 38.4 Å². The van der Waals surface area contributed by atoms with Crippen LogP contribution in [0.3, 0.4) is 0 Å². The number of ether oxygens (including phenoxy) is 3. The lowest BCUT2D eigenvalue weighted by Gasteiger charge is -2.28. The second kappa shape index (κ2) is 7.94. The predicted octanol–water partition coefficient (Wildman–Crippen LogP) is 1.48. The van der Waals surface area contributed by atoms with Crippen LogP contribution in [0.1, 0.15) is 32.1 Å². The van der Waals surface area contributed by atoms with E-state index in [2.05, 4.69) is 11.4 Å². The maximum Gasteiger partial charge on any atom is 0.133 e. The van der Waals surface area contributed by atoms with E-state index in [-0.39, 0.29) is 0 Å². The summed E-state index contributed by atoms with van der Waals surface area (Å²) in [5.41, 5.74) is -0.461. The van der Waals surface area contributed by atoms with Crippen molar-refractivity contribution in [3.05, 3.63) is 0 Å². The summed E-state index contributed by atoms with van der Waals surface area (Å²) in [4.78, 5) is 0. The quantitative estimate of drug-likeness (QED) is 0.549. The molecule has 2 fully saturated rings. The van der Waals surface area contributed by atoms with E-state index >= 15 is 0 Å². The number of methoxy groups -OCH3 is 1. The summed E-state index contributed by atoms with van der Waals surface area (Å²) in [5, 5.41) is 13.0. The minimum atomic E-state index is -0.461. The second-order valence-corrected chi connectivity index (χ2v) is 5.79. The van der Waals surface area contributed by atoms with Gasteiger partial charge in [-0.1, -0.05) is 0 Å². The number of rotatable bonds is 12. The van der Waals surface area contributed by atoms with Crippen LogP contribution in [0, 0.1) is 17.2 Å². The van der Waals surface area contributed by atoms with E-state index in [1.807, 2.05) is 0 Å². The van der Waals surface area contributed by atoms with E-state index in [1.54, 1.807) is 7.11 Å². The molecule has 1 atom stereocenters. The van der Waals surface area contributed by atoms with Crippen molar-refractivity contribution in [2.75, 3.05) is 40.1 Å². The van der Waals surface area contributed by atoms with Gasteiger partial charge in [0.05, 0.1) is 25.9 Å². The van der Waals surface area contributed by atoms with Gasteiger partial charge in [0, 0.05) is 26.4 Å². The van der Waals surface area contributed by atoms with Gasteiger partial charge in [0.2, 0.25) is 0 Å². The van der Waals surface area contributed by atoms with Gasteiger partial charge in [-0.25, -0.2) is 0 Å². The molecule has 0 saturated heterocycles. The van der Waals surface area contributed by atoms with E-state index in [0.717, 1.165) is 25.9 Å². The minimum absolute atomic E-state index is 0.461. The molecule has 1 unspecified atom stereocenters. The Balaban J connectivity index is 1.59. The molecule has 1 N–H and O–H groups in total. The highest BCUT2D eigenvalue weighted by atomic mass is 16.5. The highest BCUT2D eigenvalue weighted by molar-refractivity contribution is 5.17. The molecule has 114 valence electrons. The fourth-order valence-corrected chi connectivity index (χ4v) is 2.36. The molecule has 0 aromatic heterocycles. The van der Waals surface area contributed by atoms with Crippen LogP contribution in [0.4, 0.5) is 0 Å². The molecular weight excluding hydrogens is 256 g/mol. The molecular formula is C15H26N2O3. The number of hydrogen-bond acceptors (Lipinski definition) is 5. The first-order valence-electron chi connectivity index (χ1n) is 7.64. The summed E-state index contributed by atoms with van der Waals surface area (Å²) in [6.07, 6.45) is 5.58. The smallest absolute Gasteiger partial charge is 0.133 e. The zero-order valence-corrected chi connectivity index (χ0v) is 12.4. The van der Waals surface area contributed by atoms with Gasteiger partial charge in [-0.15, -0.1) is 0 Å². The van der Waals surface area contributed by atoms with E-state index < -0.39 is 5.54 Å². The van der Waals surface area contributed by atoms with Crippen molar-refractivity contribution in [2.24, 2.45) is 5.92 Å². The van der Waals surface area contributed by atoms with Crippen LogP contribution in [0.25, 0.3) is 0 Å². The van der Waals surface area contributed by atoms with Crippen LogP contribution in [0.5, 0.6) is 0 Å². The largest absolute Gasteiger partial charge is 0.385 e. The van der Waals surface area contributed by atoms with Crippen molar-refractivity contribution in [3.8, 4) is 6.07 Å². The molecule has 0 spiro atoms. The van der Waals surface area contributed by atoms with Gasteiger partial charge in [0.25, 0.3) is 0 Å². The van der Waals surface area contributed by atoms with Crippen LogP contribution >= 0.6 is 0 Å². The maximum atomic E-state index is 9.53. The Hall–Kier alpha value is -0.670. The third-order valence-corrected chi connectivity index (χ3v) is 3.85. The van der Waals surface area contributed by atoms with Crippen LogP contribution < -0.4 is 5.32 Å². The third-order valence-electron chi connectivity index (χ3n) is 3.85. The lowest BCUT2D eigenvalue weighted by atomic mass is 9.96. The van der Waals surface area contributed by atoms with Crippen molar-refractivity contribution >= 4 is 0 Å². The van der Waals surface area contributed by atoms with E-state index in [4.69, 9.17) is 14.2 Å². The molecule has 0 aromatic rings. The predicted molar refractivity (Wildman–Crippen MR) is 75.4 cm³/mol. The summed E-state index contributed by atoms with van der Waals surface area (Å²) in [6, 6.07) is 3.01. The monoisotopic (exact) mass is 282 g/mol. The van der Waals surface area contributed by atoms with E-state index in [9.17, 15) is 5.26 Å². The number of hydrogen-bond donors (Lipinski definition) is 1. The molecule has 20 heavy (non-hydrogen) atoms. The highest BCUT2D eigenvalue weighted by Crippen LogP contribution is 2.41. The molecule has 0 amide bonds. The van der Waals surface area contributed by atoms with Crippen molar-refractivity contribution in [3.63, 3.8) is 0 Å². The summed E-state index contributed by atoms with van der Waals surface area (Å²) < 4.78 is 16.1. The van der Waals surface area contributed by atoms with Crippen molar-refractivity contribution in [2.45, 2.75) is 43.7 Å². The van der Waals surface area contributed by atoms with Crippen molar-refractivity contribution in [1.82, 2.24) is 5.32 Å². The molecule has 2 aliphatic carbocycles. The fourth-order valence-electron chi connectivity index (χ4n) is 2.36. The standard InChI is InChI=1S/C15H26N2O3/c1-18-7-2-8-19-9-10-20-12-15(11-16,13-3-4-13)17-14-5-6-14/h13-14,17H,2-10,12H2,1H3. The SMILES string of the molecule is COCCCOCCOCC(C#N)(NC1CC1)C1CC1. The average Bonchev–Trinajstić information content (AvgIpc) is 3.33. The first kappa shape index (κ1) is 15.7. The highest BCUT2D eigenvalue weighted by Gasteiger charge is 2.48. The normalized spacial score (nSPS) is 21.4. The zero-order chi connectivity index (χ0) is 14.3. The molecule has 0 radical (unpaired) electrons. The number of nitrogens with one attached hydrogen (secondary N) is 1. The summed E-state index contributed by atoms with van der Waals surface area (Å²) in [6.45, 7) is 3.04.